The molecule has 0 saturated carbocycles. The van der Waals surface area contributed by atoms with E-state index < -0.39 is 0 Å². The zero-order chi connectivity index (χ0) is 16.9. The molecule has 0 spiro atoms. The van der Waals surface area contributed by atoms with Gasteiger partial charge in [-0.15, -0.1) is 10.2 Å². The smallest absolute Gasteiger partial charge is 0.247 e. The van der Waals surface area contributed by atoms with Gasteiger partial charge in [-0.1, -0.05) is 0 Å². The lowest BCUT2D eigenvalue weighted by molar-refractivity contribution is 0.415. The van der Waals surface area contributed by atoms with Crippen molar-refractivity contribution in [1.82, 2.24) is 10.2 Å². The molecule has 124 valence electrons. The lowest BCUT2D eigenvalue weighted by Gasteiger charge is -2.12. The van der Waals surface area contributed by atoms with Crippen LogP contribution < -0.4 is 15.0 Å². The van der Waals surface area contributed by atoms with Crippen molar-refractivity contribution in [2.45, 2.75) is 6.54 Å². The Hall–Kier alpha value is -3.02. The Labute approximate surface area is 141 Å². The minimum Gasteiger partial charge on any atom is -0.497 e. The van der Waals surface area contributed by atoms with Gasteiger partial charge in [-0.3, -0.25) is 0 Å². The molecule has 1 N–H and O–H groups in total. The summed E-state index contributed by atoms with van der Waals surface area (Å²) < 4.78 is 10.8. The second-order valence-electron chi connectivity index (χ2n) is 5.52. The Morgan fingerprint density at radius 3 is 2.33 bits per heavy atom. The van der Waals surface area contributed by atoms with Crippen molar-refractivity contribution in [2.24, 2.45) is 0 Å². The summed E-state index contributed by atoms with van der Waals surface area (Å²) in [5.41, 5.74) is 3.02. The summed E-state index contributed by atoms with van der Waals surface area (Å²) in [6.45, 7) is 0.477. The van der Waals surface area contributed by atoms with Crippen molar-refractivity contribution in [3.8, 4) is 17.2 Å². The van der Waals surface area contributed by atoms with Crippen molar-refractivity contribution < 1.29 is 9.15 Å². The van der Waals surface area contributed by atoms with Crippen LogP contribution in [0.2, 0.25) is 0 Å². The van der Waals surface area contributed by atoms with Gasteiger partial charge in [0.2, 0.25) is 11.8 Å². The molecule has 6 heteroatoms. The van der Waals surface area contributed by atoms with E-state index in [9.17, 15) is 0 Å². The Morgan fingerprint density at radius 1 is 1.00 bits per heavy atom. The second-order valence-corrected chi connectivity index (χ2v) is 5.52. The molecule has 0 saturated heterocycles. The van der Waals surface area contributed by atoms with E-state index in [-0.39, 0.29) is 0 Å². The first kappa shape index (κ1) is 15.9. The molecule has 6 nitrogen and oxygen atoms in total. The predicted molar refractivity (Wildman–Crippen MR) is 94.4 cm³/mol. The molecule has 1 aromatic heterocycles. The average molecular weight is 324 g/mol. The summed E-state index contributed by atoms with van der Waals surface area (Å²) in [5.74, 6) is 1.83. The largest absolute Gasteiger partial charge is 0.497 e. The van der Waals surface area contributed by atoms with Crippen LogP contribution in [0.3, 0.4) is 0 Å². The zero-order valence-electron chi connectivity index (χ0n) is 14.0. The molecule has 0 fully saturated rings. The van der Waals surface area contributed by atoms with Gasteiger partial charge in [0, 0.05) is 31.0 Å². The van der Waals surface area contributed by atoms with Crippen molar-refractivity contribution in [1.29, 1.82) is 0 Å². The highest BCUT2D eigenvalue weighted by Crippen LogP contribution is 2.22. The molecule has 3 rings (SSSR count). The number of nitrogens with zero attached hydrogens (tertiary/aromatic N) is 3. The fraction of sp³-hybridized carbons (Fsp3) is 0.222. The van der Waals surface area contributed by atoms with Gasteiger partial charge in [0.05, 0.1) is 13.7 Å². The molecule has 0 aliphatic rings. The van der Waals surface area contributed by atoms with E-state index in [4.69, 9.17) is 9.15 Å². The van der Waals surface area contributed by atoms with Gasteiger partial charge in [0.1, 0.15) is 5.75 Å². The summed E-state index contributed by atoms with van der Waals surface area (Å²) in [5, 5.41) is 11.4. The summed E-state index contributed by atoms with van der Waals surface area (Å²) >= 11 is 0. The van der Waals surface area contributed by atoms with Gasteiger partial charge in [-0.05, 0) is 48.5 Å². The van der Waals surface area contributed by atoms with Gasteiger partial charge < -0.3 is 19.4 Å². The Morgan fingerprint density at radius 2 is 1.71 bits per heavy atom. The minimum absolute atomic E-state index is 0.477. The predicted octanol–water partition coefficient (Wildman–Crippen LogP) is 3.42. The van der Waals surface area contributed by atoms with E-state index in [2.05, 4.69) is 32.5 Å². The number of ether oxygens (including phenoxy) is 1. The van der Waals surface area contributed by atoms with Crippen molar-refractivity contribution >= 4 is 11.4 Å². The molecule has 3 aromatic rings. The Balaban J connectivity index is 1.63. The highest BCUT2D eigenvalue weighted by Gasteiger charge is 2.08. The Kier molecular flexibility index (Phi) is 4.65. The van der Waals surface area contributed by atoms with Crippen LogP contribution in [-0.4, -0.2) is 31.4 Å². The molecule has 1 heterocycles. The number of rotatable bonds is 6. The third-order valence-corrected chi connectivity index (χ3v) is 3.63. The van der Waals surface area contributed by atoms with Crippen LogP contribution in [0, 0.1) is 0 Å². The number of nitrogens with one attached hydrogen (secondary N) is 1. The molecule has 0 unspecified atom stereocenters. The van der Waals surface area contributed by atoms with Gasteiger partial charge in [-0.2, -0.15) is 0 Å². The highest BCUT2D eigenvalue weighted by molar-refractivity contribution is 5.55. The molecular formula is C18H20N4O2. The molecule has 24 heavy (non-hydrogen) atoms. The average Bonchev–Trinajstić information content (AvgIpc) is 3.09. The first-order valence-electron chi connectivity index (χ1n) is 7.64. The van der Waals surface area contributed by atoms with Gasteiger partial charge in [0.25, 0.3) is 0 Å². The lowest BCUT2D eigenvalue weighted by atomic mass is 10.2. The third-order valence-electron chi connectivity index (χ3n) is 3.63. The summed E-state index contributed by atoms with van der Waals surface area (Å²) in [4.78, 5) is 2.06. The molecule has 0 radical (unpaired) electrons. The molecule has 2 aromatic carbocycles. The summed E-state index contributed by atoms with van der Waals surface area (Å²) in [7, 11) is 5.67. The van der Waals surface area contributed by atoms with Crippen LogP contribution in [0.1, 0.15) is 5.89 Å². The fourth-order valence-corrected chi connectivity index (χ4v) is 2.23. The molecular weight excluding hydrogens is 304 g/mol. The van der Waals surface area contributed by atoms with E-state index in [1.165, 1.54) is 0 Å². The summed E-state index contributed by atoms with van der Waals surface area (Å²) in [6, 6.07) is 15.7. The first-order chi connectivity index (χ1) is 11.7. The zero-order valence-corrected chi connectivity index (χ0v) is 14.0. The normalized spacial score (nSPS) is 10.5. The minimum atomic E-state index is 0.477. The fourth-order valence-electron chi connectivity index (χ4n) is 2.23. The third kappa shape index (κ3) is 3.65. The number of aromatic nitrogens is 2. The summed E-state index contributed by atoms with van der Waals surface area (Å²) in [6.07, 6.45) is 0. The molecule has 0 atom stereocenters. The highest BCUT2D eigenvalue weighted by atomic mass is 16.5. The van der Waals surface area contributed by atoms with E-state index in [1.807, 2.05) is 50.5 Å². The van der Waals surface area contributed by atoms with Crippen LogP contribution in [0.15, 0.2) is 52.9 Å². The van der Waals surface area contributed by atoms with Crippen LogP contribution >= 0.6 is 0 Å². The van der Waals surface area contributed by atoms with E-state index in [1.54, 1.807) is 7.11 Å². The number of methoxy groups -OCH3 is 1. The van der Waals surface area contributed by atoms with Crippen LogP contribution in [0.5, 0.6) is 5.75 Å². The van der Waals surface area contributed by atoms with Crippen LogP contribution in [0.4, 0.5) is 11.4 Å². The van der Waals surface area contributed by atoms with E-state index in [0.29, 0.717) is 18.3 Å². The molecule has 0 bridgehead atoms. The van der Waals surface area contributed by atoms with Crippen molar-refractivity contribution in [3.05, 3.63) is 54.4 Å². The number of benzene rings is 2. The van der Waals surface area contributed by atoms with Gasteiger partial charge >= 0.3 is 0 Å². The van der Waals surface area contributed by atoms with E-state index in [0.717, 1.165) is 22.7 Å². The maximum atomic E-state index is 5.69. The van der Waals surface area contributed by atoms with Gasteiger partial charge in [-0.25, -0.2) is 0 Å². The quantitative estimate of drug-likeness (QED) is 0.749. The second kappa shape index (κ2) is 7.04. The van der Waals surface area contributed by atoms with Crippen molar-refractivity contribution in [3.63, 3.8) is 0 Å². The topological polar surface area (TPSA) is 63.4 Å². The molecule has 0 aliphatic carbocycles. The van der Waals surface area contributed by atoms with E-state index >= 15 is 0 Å². The van der Waals surface area contributed by atoms with Gasteiger partial charge in [0.15, 0.2) is 0 Å². The number of hydrogen-bond acceptors (Lipinski definition) is 6. The maximum Gasteiger partial charge on any atom is 0.247 e. The Bertz CT molecular complexity index is 780. The lowest BCUT2D eigenvalue weighted by Crippen LogP contribution is -2.08. The van der Waals surface area contributed by atoms with Crippen LogP contribution in [0.25, 0.3) is 11.5 Å². The monoisotopic (exact) mass is 324 g/mol. The first-order valence-corrected chi connectivity index (χ1v) is 7.64. The maximum absolute atomic E-state index is 5.69. The van der Waals surface area contributed by atoms with Crippen LogP contribution in [-0.2, 0) is 6.54 Å². The number of hydrogen-bond donors (Lipinski definition) is 1. The SMILES string of the molecule is COc1ccc(-c2nnc(CNc3ccc(N(C)C)cc3)o2)cc1. The van der Waals surface area contributed by atoms with Crippen molar-refractivity contribution in [2.75, 3.05) is 31.4 Å². The standard InChI is InChI=1S/C18H20N4O2/c1-22(2)15-8-6-14(7-9-15)19-12-17-20-21-18(24-17)13-4-10-16(23-3)11-5-13/h4-11,19H,12H2,1-3H3. The molecule has 0 amide bonds. The number of anilines is 2. The molecule has 0 aliphatic heterocycles.